The molecule has 1 atom stereocenters. The van der Waals surface area contributed by atoms with Crippen molar-refractivity contribution in [3.8, 4) is 0 Å². The molecular formula is C4H5O. The molecule has 0 heterocycles. The van der Waals surface area contributed by atoms with Crippen LogP contribution in [0.2, 0.25) is 0 Å². The molecule has 5 heavy (non-hydrogen) atoms. The molecule has 0 aromatic carbocycles. The summed E-state index contributed by atoms with van der Waals surface area (Å²) in [5, 5.41) is 9.90. The second-order valence-electron chi connectivity index (χ2n) is 1.20. The lowest BCUT2D eigenvalue weighted by atomic mass is 10.1. The second kappa shape index (κ2) is 0.830. The summed E-state index contributed by atoms with van der Waals surface area (Å²) in [5.74, 6) is 0. The normalized spacial score (nSPS) is 33.4. The summed E-state index contributed by atoms with van der Waals surface area (Å²) >= 11 is 0. The van der Waals surface area contributed by atoms with E-state index in [1.165, 1.54) is 0 Å². The zero-order valence-corrected chi connectivity index (χ0v) is 2.85. The molecule has 0 amide bonds. The van der Waals surface area contributed by atoms with Crippen LogP contribution in [0.4, 0.5) is 0 Å². The van der Waals surface area contributed by atoms with Gasteiger partial charge < -0.3 is 0 Å². The van der Waals surface area contributed by atoms with E-state index in [1.807, 2.05) is 6.08 Å². The van der Waals surface area contributed by atoms with Crippen LogP contribution in [0.25, 0.3) is 0 Å². The van der Waals surface area contributed by atoms with E-state index in [-0.39, 0.29) is 6.10 Å². The zero-order chi connectivity index (χ0) is 3.70. The predicted molar refractivity (Wildman–Crippen MR) is 18.2 cm³/mol. The predicted octanol–water partition coefficient (Wildman–Crippen LogP) is 0.745. The zero-order valence-electron chi connectivity index (χ0n) is 2.85. The van der Waals surface area contributed by atoms with E-state index >= 15 is 0 Å². The van der Waals surface area contributed by atoms with Gasteiger partial charge >= 0.3 is 0 Å². The molecular weight excluding hydrogens is 64.0 g/mol. The summed E-state index contributed by atoms with van der Waals surface area (Å²) in [4.78, 5) is 0. The minimum absolute atomic E-state index is 0.366. The van der Waals surface area contributed by atoms with Crippen molar-refractivity contribution in [2.45, 2.75) is 12.5 Å². The SMILES string of the molecule is [O]C1C=CC1. The highest BCUT2D eigenvalue weighted by molar-refractivity contribution is 5.01. The molecule has 1 radical (unpaired) electrons. The summed E-state index contributed by atoms with van der Waals surface area (Å²) in [7, 11) is 0. The molecule has 0 spiro atoms. The van der Waals surface area contributed by atoms with Crippen molar-refractivity contribution in [1.82, 2.24) is 0 Å². The second-order valence-corrected chi connectivity index (χ2v) is 1.20. The first-order valence-corrected chi connectivity index (χ1v) is 1.72. The molecule has 1 aliphatic carbocycles. The molecule has 0 aliphatic heterocycles. The van der Waals surface area contributed by atoms with Crippen LogP contribution >= 0.6 is 0 Å². The van der Waals surface area contributed by atoms with Gasteiger partial charge in [0, 0.05) is 0 Å². The lowest BCUT2D eigenvalue weighted by molar-refractivity contribution is 0.119. The van der Waals surface area contributed by atoms with Gasteiger partial charge in [-0.05, 0) is 6.42 Å². The maximum atomic E-state index is 9.90. The van der Waals surface area contributed by atoms with E-state index in [2.05, 4.69) is 0 Å². The minimum atomic E-state index is -0.366. The molecule has 0 aromatic rings. The first-order chi connectivity index (χ1) is 2.39. The van der Waals surface area contributed by atoms with Crippen LogP contribution in [0.15, 0.2) is 12.2 Å². The Morgan fingerprint density at radius 3 is 2.20 bits per heavy atom. The van der Waals surface area contributed by atoms with Gasteiger partial charge in [-0.1, -0.05) is 12.2 Å². The Kier molecular flexibility index (Phi) is 0.484. The van der Waals surface area contributed by atoms with Gasteiger partial charge in [0.05, 0.1) is 0 Å². The molecule has 1 heteroatoms. The van der Waals surface area contributed by atoms with Crippen LogP contribution in [-0.2, 0) is 5.11 Å². The van der Waals surface area contributed by atoms with Gasteiger partial charge in [0.15, 0.2) is 0 Å². The van der Waals surface area contributed by atoms with Gasteiger partial charge in [0.25, 0.3) is 0 Å². The van der Waals surface area contributed by atoms with Gasteiger partial charge in [-0.3, -0.25) is 0 Å². The van der Waals surface area contributed by atoms with Crippen LogP contribution in [0, 0.1) is 0 Å². The van der Waals surface area contributed by atoms with Crippen molar-refractivity contribution in [1.29, 1.82) is 0 Å². The summed E-state index contributed by atoms with van der Waals surface area (Å²) in [6.07, 6.45) is 3.94. The lowest BCUT2D eigenvalue weighted by Crippen LogP contribution is -2.04. The van der Waals surface area contributed by atoms with E-state index in [9.17, 15) is 5.11 Å². The molecule has 1 nitrogen and oxygen atoms in total. The number of hydrogen-bond acceptors (Lipinski definition) is 0. The van der Waals surface area contributed by atoms with Crippen molar-refractivity contribution in [2.75, 3.05) is 0 Å². The molecule has 1 aliphatic rings. The number of hydrogen-bond donors (Lipinski definition) is 0. The monoisotopic (exact) mass is 69.0 g/mol. The van der Waals surface area contributed by atoms with Crippen LogP contribution in [0.1, 0.15) is 6.42 Å². The van der Waals surface area contributed by atoms with E-state index in [0.29, 0.717) is 0 Å². The third-order valence-corrected chi connectivity index (χ3v) is 0.719. The summed E-state index contributed by atoms with van der Waals surface area (Å²) < 4.78 is 0. The Hall–Kier alpha value is -0.300. The molecule has 0 N–H and O–H groups in total. The van der Waals surface area contributed by atoms with Crippen molar-refractivity contribution in [3.05, 3.63) is 12.2 Å². The average molecular weight is 69.1 g/mol. The highest BCUT2D eigenvalue weighted by Gasteiger charge is 2.03. The Balaban J connectivity index is 2.39. The van der Waals surface area contributed by atoms with Crippen LogP contribution < -0.4 is 0 Å². The van der Waals surface area contributed by atoms with Gasteiger partial charge in [-0.25, -0.2) is 5.11 Å². The van der Waals surface area contributed by atoms with E-state index in [4.69, 9.17) is 0 Å². The maximum Gasteiger partial charge on any atom is 0.114 e. The Labute approximate surface area is 30.9 Å². The van der Waals surface area contributed by atoms with Crippen molar-refractivity contribution < 1.29 is 5.11 Å². The fourth-order valence-corrected chi connectivity index (χ4v) is 0.247. The van der Waals surface area contributed by atoms with Gasteiger partial charge in [0.1, 0.15) is 6.10 Å². The summed E-state index contributed by atoms with van der Waals surface area (Å²) in [6, 6.07) is 0. The fourth-order valence-electron chi connectivity index (χ4n) is 0.247. The molecule has 0 bridgehead atoms. The average Bonchev–Trinajstić information content (AvgIpc) is 1.30. The van der Waals surface area contributed by atoms with E-state index in [0.717, 1.165) is 6.42 Å². The van der Waals surface area contributed by atoms with Gasteiger partial charge in [-0.15, -0.1) is 0 Å². The highest BCUT2D eigenvalue weighted by Crippen LogP contribution is 2.05. The third-order valence-electron chi connectivity index (χ3n) is 0.719. The Morgan fingerprint density at radius 1 is 1.80 bits per heavy atom. The van der Waals surface area contributed by atoms with Crippen LogP contribution in [-0.4, -0.2) is 6.10 Å². The van der Waals surface area contributed by atoms with E-state index < -0.39 is 0 Å². The van der Waals surface area contributed by atoms with E-state index in [1.54, 1.807) is 6.08 Å². The first kappa shape index (κ1) is 2.91. The smallest absolute Gasteiger partial charge is 0.114 e. The molecule has 0 saturated carbocycles. The largest absolute Gasteiger partial charge is 0.228 e. The number of rotatable bonds is 0. The Morgan fingerprint density at radius 2 is 2.20 bits per heavy atom. The lowest BCUT2D eigenvalue weighted by Gasteiger charge is -2.03. The molecule has 0 aromatic heterocycles. The molecule has 0 fully saturated rings. The van der Waals surface area contributed by atoms with Gasteiger partial charge in [-0.2, -0.15) is 0 Å². The van der Waals surface area contributed by atoms with Gasteiger partial charge in [0.2, 0.25) is 0 Å². The van der Waals surface area contributed by atoms with Crippen molar-refractivity contribution in [2.24, 2.45) is 0 Å². The first-order valence-electron chi connectivity index (χ1n) is 1.72. The molecule has 0 saturated heterocycles. The molecule has 27 valence electrons. The van der Waals surface area contributed by atoms with Crippen LogP contribution in [0.3, 0.4) is 0 Å². The summed E-state index contributed by atoms with van der Waals surface area (Å²) in [6.45, 7) is 0. The standard InChI is InChI=1S/C4H5O/c5-4-2-1-3-4/h1-2,4H,3H2. The van der Waals surface area contributed by atoms with Crippen LogP contribution in [0.5, 0.6) is 0 Å². The topological polar surface area (TPSA) is 19.9 Å². The third kappa shape index (κ3) is 0.329. The maximum absolute atomic E-state index is 9.90. The van der Waals surface area contributed by atoms with Crippen molar-refractivity contribution >= 4 is 0 Å². The quantitative estimate of drug-likeness (QED) is 0.374. The highest BCUT2D eigenvalue weighted by atomic mass is 16.3. The molecule has 1 unspecified atom stereocenters. The molecule has 1 rings (SSSR count). The fraction of sp³-hybridized carbons (Fsp3) is 0.500. The minimum Gasteiger partial charge on any atom is -0.228 e. The van der Waals surface area contributed by atoms with Crippen molar-refractivity contribution in [3.63, 3.8) is 0 Å². The summed E-state index contributed by atoms with van der Waals surface area (Å²) in [5.41, 5.74) is 0. The Bertz CT molecular complexity index is 56.7.